The summed E-state index contributed by atoms with van der Waals surface area (Å²) < 4.78 is 21.3. The molecule has 0 amide bonds. The average molecular weight is 316 g/mol. The van der Waals surface area contributed by atoms with Crippen LogP contribution in [0.4, 0.5) is 0 Å². The van der Waals surface area contributed by atoms with Crippen molar-refractivity contribution < 1.29 is 18.9 Å². The van der Waals surface area contributed by atoms with Crippen LogP contribution in [-0.4, -0.2) is 26.8 Å². The second-order valence-electron chi connectivity index (χ2n) is 4.97. The predicted molar refractivity (Wildman–Crippen MR) is 89.9 cm³/mol. The van der Waals surface area contributed by atoms with Crippen LogP contribution >= 0.6 is 0 Å². The molecule has 4 nitrogen and oxygen atoms in total. The molecule has 0 aliphatic carbocycles. The molecule has 0 N–H and O–H groups in total. The zero-order chi connectivity index (χ0) is 16.3. The molecule has 124 valence electrons. The molecule has 23 heavy (non-hydrogen) atoms. The lowest BCUT2D eigenvalue weighted by atomic mass is 10.0. The molecule has 0 aliphatic rings. The van der Waals surface area contributed by atoms with Gasteiger partial charge in [0.1, 0.15) is 11.5 Å². The molecule has 2 aromatic carbocycles. The third-order valence-corrected chi connectivity index (χ3v) is 3.28. The molecule has 0 spiro atoms. The van der Waals surface area contributed by atoms with E-state index in [0.29, 0.717) is 26.8 Å². The fraction of sp³-hybridized carbons (Fsp3) is 0.368. The van der Waals surface area contributed by atoms with Crippen LogP contribution in [-0.2, 0) is 15.9 Å². The largest absolute Gasteiger partial charge is 0.468 e. The third kappa shape index (κ3) is 6.30. The normalized spacial score (nSPS) is 10.5. The minimum absolute atomic E-state index is 0.291. The highest BCUT2D eigenvalue weighted by molar-refractivity contribution is 5.33. The highest BCUT2D eigenvalue weighted by atomic mass is 16.7. The molecule has 0 aromatic heterocycles. The van der Waals surface area contributed by atoms with E-state index in [1.165, 1.54) is 11.1 Å². The molecule has 0 unspecified atom stereocenters. The first-order valence-corrected chi connectivity index (χ1v) is 7.90. The summed E-state index contributed by atoms with van der Waals surface area (Å²) in [7, 11) is 0. The lowest BCUT2D eigenvalue weighted by Gasteiger charge is -2.08. The maximum absolute atomic E-state index is 5.46. The standard InChI is InChI=1S/C19H24O4/c1-3-20-14-22-18-9-5-16(6-10-18)13-17-7-11-19(12-8-17)23-15-21-4-2/h5-12H,3-4,13-15H2,1-2H3. The lowest BCUT2D eigenvalue weighted by Crippen LogP contribution is -2.02. The predicted octanol–water partition coefficient (Wildman–Crippen LogP) is 4.02. The van der Waals surface area contributed by atoms with Crippen molar-refractivity contribution in [1.29, 1.82) is 0 Å². The Morgan fingerprint density at radius 3 is 1.35 bits per heavy atom. The molecule has 2 aromatic rings. The van der Waals surface area contributed by atoms with Crippen LogP contribution in [0.1, 0.15) is 25.0 Å². The van der Waals surface area contributed by atoms with Crippen molar-refractivity contribution in [1.82, 2.24) is 0 Å². The first-order chi connectivity index (χ1) is 11.3. The molecular formula is C19H24O4. The number of hydrogen-bond acceptors (Lipinski definition) is 4. The first-order valence-electron chi connectivity index (χ1n) is 7.90. The van der Waals surface area contributed by atoms with Crippen LogP contribution in [0.2, 0.25) is 0 Å². The van der Waals surface area contributed by atoms with E-state index < -0.39 is 0 Å². The summed E-state index contributed by atoms with van der Waals surface area (Å²) in [4.78, 5) is 0. The molecular weight excluding hydrogens is 292 g/mol. The van der Waals surface area contributed by atoms with Crippen LogP contribution in [0.15, 0.2) is 48.5 Å². The number of hydrogen-bond donors (Lipinski definition) is 0. The van der Waals surface area contributed by atoms with Gasteiger partial charge in [-0.05, 0) is 55.7 Å². The topological polar surface area (TPSA) is 36.9 Å². The Hall–Kier alpha value is -2.04. The SMILES string of the molecule is CCOCOc1ccc(Cc2ccc(OCOCC)cc2)cc1. The molecule has 0 saturated carbocycles. The van der Waals surface area contributed by atoms with Crippen molar-refractivity contribution in [3.63, 3.8) is 0 Å². The fourth-order valence-electron chi connectivity index (χ4n) is 2.03. The first kappa shape index (κ1) is 17.3. The van der Waals surface area contributed by atoms with Crippen molar-refractivity contribution in [2.45, 2.75) is 20.3 Å². The van der Waals surface area contributed by atoms with Gasteiger partial charge in [0.25, 0.3) is 0 Å². The molecule has 0 heterocycles. The molecule has 0 saturated heterocycles. The van der Waals surface area contributed by atoms with Gasteiger partial charge < -0.3 is 18.9 Å². The molecule has 0 aliphatic heterocycles. The van der Waals surface area contributed by atoms with E-state index in [0.717, 1.165) is 17.9 Å². The van der Waals surface area contributed by atoms with E-state index in [9.17, 15) is 0 Å². The van der Waals surface area contributed by atoms with E-state index in [1.54, 1.807) is 0 Å². The lowest BCUT2D eigenvalue weighted by molar-refractivity contribution is 0.0222. The van der Waals surface area contributed by atoms with Crippen LogP contribution < -0.4 is 9.47 Å². The van der Waals surface area contributed by atoms with Gasteiger partial charge >= 0.3 is 0 Å². The summed E-state index contributed by atoms with van der Waals surface area (Å²) in [5, 5.41) is 0. The maximum atomic E-state index is 5.46. The minimum Gasteiger partial charge on any atom is -0.468 e. The van der Waals surface area contributed by atoms with Crippen molar-refractivity contribution in [2.75, 3.05) is 26.8 Å². The Kier molecular flexibility index (Phi) is 7.43. The van der Waals surface area contributed by atoms with Gasteiger partial charge in [-0.25, -0.2) is 0 Å². The minimum atomic E-state index is 0.291. The van der Waals surface area contributed by atoms with Crippen LogP contribution in [0.5, 0.6) is 11.5 Å². The Morgan fingerprint density at radius 1 is 0.609 bits per heavy atom. The molecule has 0 atom stereocenters. The molecule has 0 bridgehead atoms. The van der Waals surface area contributed by atoms with Gasteiger partial charge in [0.15, 0.2) is 13.6 Å². The quantitative estimate of drug-likeness (QED) is 0.490. The van der Waals surface area contributed by atoms with Crippen molar-refractivity contribution >= 4 is 0 Å². The van der Waals surface area contributed by atoms with Gasteiger partial charge in [-0.3, -0.25) is 0 Å². The summed E-state index contributed by atoms with van der Waals surface area (Å²) in [6.07, 6.45) is 0.872. The molecule has 4 heteroatoms. The molecule has 0 radical (unpaired) electrons. The van der Waals surface area contributed by atoms with Crippen LogP contribution in [0.3, 0.4) is 0 Å². The molecule has 2 rings (SSSR count). The average Bonchev–Trinajstić information content (AvgIpc) is 2.58. The number of benzene rings is 2. The highest BCUT2D eigenvalue weighted by Gasteiger charge is 2.00. The highest BCUT2D eigenvalue weighted by Crippen LogP contribution is 2.18. The van der Waals surface area contributed by atoms with Crippen LogP contribution in [0.25, 0.3) is 0 Å². The van der Waals surface area contributed by atoms with Gasteiger partial charge in [-0.2, -0.15) is 0 Å². The van der Waals surface area contributed by atoms with E-state index in [2.05, 4.69) is 24.3 Å². The van der Waals surface area contributed by atoms with E-state index >= 15 is 0 Å². The summed E-state index contributed by atoms with van der Waals surface area (Å²) in [6, 6.07) is 16.1. The van der Waals surface area contributed by atoms with E-state index in [4.69, 9.17) is 18.9 Å². The van der Waals surface area contributed by atoms with E-state index in [-0.39, 0.29) is 0 Å². The Bertz CT molecular complexity index is 497. The zero-order valence-corrected chi connectivity index (χ0v) is 13.8. The summed E-state index contributed by atoms with van der Waals surface area (Å²) in [5.74, 6) is 1.64. The van der Waals surface area contributed by atoms with Crippen molar-refractivity contribution in [3.05, 3.63) is 59.7 Å². The fourth-order valence-corrected chi connectivity index (χ4v) is 2.03. The Labute approximate surface area is 137 Å². The zero-order valence-electron chi connectivity index (χ0n) is 13.8. The second kappa shape index (κ2) is 9.87. The Morgan fingerprint density at radius 2 is 1.00 bits per heavy atom. The smallest absolute Gasteiger partial charge is 0.189 e. The van der Waals surface area contributed by atoms with Gasteiger partial charge in [0.2, 0.25) is 0 Å². The van der Waals surface area contributed by atoms with Crippen molar-refractivity contribution in [2.24, 2.45) is 0 Å². The summed E-state index contributed by atoms with van der Waals surface area (Å²) in [5.41, 5.74) is 2.47. The summed E-state index contributed by atoms with van der Waals surface area (Å²) in [6.45, 7) is 5.78. The van der Waals surface area contributed by atoms with Crippen molar-refractivity contribution in [3.8, 4) is 11.5 Å². The summed E-state index contributed by atoms with van der Waals surface area (Å²) >= 11 is 0. The van der Waals surface area contributed by atoms with Gasteiger partial charge in [-0.1, -0.05) is 24.3 Å². The Balaban J connectivity index is 1.84. The van der Waals surface area contributed by atoms with Gasteiger partial charge in [-0.15, -0.1) is 0 Å². The second-order valence-corrected chi connectivity index (χ2v) is 4.97. The monoisotopic (exact) mass is 316 g/mol. The third-order valence-electron chi connectivity index (χ3n) is 3.28. The number of ether oxygens (including phenoxy) is 4. The number of rotatable bonds is 10. The maximum Gasteiger partial charge on any atom is 0.189 e. The molecule has 0 fully saturated rings. The van der Waals surface area contributed by atoms with Gasteiger partial charge in [0.05, 0.1) is 0 Å². The van der Waals surface area contributed by atoms with E-state index in [1.807, 2.05) is 38.1 Å². The van der Waals surface area contributed by atoms with Crippen LogP contribution in [0, 0.1) is 0 Å². The van der Waals surface area contributed by atoms with Gasteiger partial charge in [0, 0.05) is 13.2 Å².